The Morgan fingerprint density at radius 1 is 1.53 bits per heavy atom. The number of fused-ring (bicyclic) bond motifs is 1. The summed E-state index contributed by atoms with van der Waals surface area (Å²) in [5.41, 5.74) is 7.42. The smallest absolute Gasteiger partial charge is 0.126 e. The first-order valence-electron chi connectivity index (χ1n) is 5.04. The second-order valence-corrected chi connectivity index (χ2v) is 3.64. The van der Waals surface area contributed by atoms with Crippen LogP contribution in [-0.2, 0) is 6.54 Å². The van der Waals surface area contributed by atoms with E-state index in [9.17, 15) is 4.39 Å². The number of rotatable bonds is 2. The van der Waals surface area contributed by atoms with Crippen molar-refractivity contribution in [1.29, 1.82) is 0 Å². The number of benzene rings is 1. The number of hydrogen-bond donors (Lipinski definition) is 1. The Hall–Kier alpha value is -1.42. The van der Waals surface area contributed by atoms with Crippen LogP contribution in [0.1, 0.15) is 25.7 Å². The quantitative estimate of drug-likeness (QED) is 0.820. The van der Waals surface area contributed by atoms with Crippen molar-refractivity contribution >= 4 is 11.0 Å². The molecule has 0 bridgehead atoms. The maximum Gasteiger partial charge on any atom is 0.126 e. The zero-order valence-electron chi connectivity index (χ0n) is 8.87. The number of nitrogens with zero attached hydrogens (tertiary/aromatic N) is 2. The van der Waals surface area contributed by atoms with Gasteiger partial charge in [-0.25, -0.2) is 9.37 Å². The summed E-state index contributed by atoms with van der Waals surface area (Å²) in [6.45, 7) is 4.69. The minimum atomic E-state index is -0.264. The van der Waals surface area contributed by atoms with Gasteiger partial charge >= 0.3 is 0 Å². The highest BCUT2D eigenvalue weighted by Gasteiger charge is 2.12. The molecular formula is C11H14FN3. The summed E-state index contributed by atoms with van der Waals surface area (Å²) in [6.07, 6.45) is 0. The van der Waals surface area contributed by atoms with Crippen LogP contribution < -0.4 is 5.73 Å². The molecule has 1 aromatic heterocycles. The molecule has 80 valence electrons. The van der Waals surface area contributed by atoms with Crippen LogP contribution in [-0.4, -0.2) is 9.55 Å². The zero-order valence-corrected chi connectivity index (χ0v) is 8.87. The van der Waals surface area contributed by atoms with Crippen LogP contribution in [0.4, 0.5) is 4.39 Å². The second-order valence-electron chi connectivity index (χ2n) is 3.64. The average Bonchev–Trinajstić information content (AvgIpc) is 2.55. The third-order valence-electron chi connectivity index (χ3n) is 2.46. The molecule has 1 unspecified atom stereocenters. The van der Waals surface area contributed by atoms with Crippen LogP contribution >= 0.6 is 0 Å². The molecule has 0 saturated heterocycles. The Morgan fingerprint density at radius 3 is 2.87 bits per heavy atom. The van der Waals surface area contributed by atoms with E-state index in [1.807, 2.05) is 18.4 Å². The topological polar surface area (TPSA) is 43.8 Å². The van der Waals surface area contributed by atoms with Gasteiger partial charge < -0.3 is 10.3 Å². The largest absolute Gasteiger partial charge is 0.327 e. The van der Waals surface area contributed by atoms with E-state index in [-0.39, 0.29) is 11.9 Å². The van der Waals surface area contributed by atoms with Gasteiger partial charge in [0.05, 0.1) is 17.1 Å². The number of aromatic nitrogens is 2. The summed E-state index contributed by atoms with van der Waals surface area (Å²) >= 11 is 0. The Bertz CT molecular complexity index is 488. The first-order chi connectivity index (χ1) is 7.13. The minimum absolute atomic E-state index is 0.139. The lowest BCUT2D eigenvalue weighted by Gasteiger charge is -2.08. The third kappa shape index (κ3) is 1.61. The van der Waals surface area contributed by atoms with Gasteiger partial charge in [0.2, 0.25) is 0 Å². The van der Waals surface area contributed by atoms with E-state index in [1.165, 1.54) is 12.1 Å². The Balaban J connectivity index is 2.73. The summed E-state index contributed by atoms with van der Waals surface area (Å²) in [5, 5.41) is 0. The Morgan fingerprint density at radius 2 is 2.27 bits per heavy atom. The molecule has 0 fully saturated rings. The lowest BCUT2D eigenvalue weighted by Crippen LogP contribution is -2.12. The number of halogens is 1. The van der Waals surface area contributed by atoms with Crippen molar-refractivity contribution in [3.05, 3.63) is 29.8 Å². The van der Waals surface area contributed by atoms with Gasteiger partial charge in [0, 0.05) is 12.6 Å². The molecule has 0 spiro atoms. The lowest BCUT2D eigenvalue weighted by atomic mass is 10.3. The highest BCUT2D eigenvalue weighted by molar-refractivity contribution is 5.76. The first-order valence-corrected chi connectivity index (χ1v) is 5.04. The van der Waals surface area contributed by atoms with Crippen molar-refractivity contribution < 1.29 is 4.39 Å². The molecule has 0 aliphatic carbocycles. The molecule has 0 aliphatic rings. The molecular weight excluding hydrogens is 193 g/mol. The number of hydrogen-bond acceptors (Lipinski definition) is 2. The molecule has 3 nitrogen and oxygen atoms in total. The van der Waals surface area contributed by atoms with Crippen LogP contribution in [0, 0.1) is 5.82 Å². The molecule has 2 rings (SSSR count). The predicted octanol–water partition coefficient (Wildman–Crippen LogP) is 2.21. The molecule has 0 aliphatic heterocycles. The van der Waals surface area contributed by atoms with Crippen molar-refractivity contribution in [3.63, 3.8) is 0 Å². The summed E-state index contributed by atoms with van der Waals surface area (Å²) < 4.78 is 15.0. The monoisotopic (exact) mass is 207 g/mol. The van der Waals surface area contributed by atoms with Crippen LogP contribution in [0.2, 0.25) is 0 Å². The molecule has 1 heterocycles. The predicted molar refractivity (Wildman–Crippen MR) is 58.0 cm³/mol. The van der Waals surface area contributed by atoms with Crippen LogP contribution in [0.25, 0.3) is 11.0 Å². The maximum absolute atomic E-state index is 13.0. The van der Waals surface area contributed by atoms with Gasteiger partial charge in [-0.2, -0.15) is 0 Å². The first kappa shape index (κ1) is 10.1. The van der Waals surface area contributed by atoms with Gasteiger partial charge in [-0.3, -0.25) is 0 Å². The van der Waals surface area contributed by atoms with Gasteiger partial charge in [-0.15, -0.1) is 0 Å². The van der Waals surface area contributed by atoms with Gasteiger partial charge in [0.15, 0.2) is 0 Å². The number of nitrogens with two attached hydrogens (primary N) is 1. The fourth-order valence-electron chi connectivity index (χ4n) is 1.80. The van der Waals surface area contributed by atoms with Gasteiger partial charge in [0.1, 0.15) is 11.6 Å². The summed E-state index contributed by atoms with van der Waals surface area (Å²) in [5.74, 6) is 0.539. The maximum atomic E-state index is 13.0. The number of aryl methyl sites for hydroxylation is 1. The molecule has 4 heteroatoms. The van der Waals surface area contributed by atoms with Crippen molar-refractivity contribution in [2.45, 2.75) is 26.4 Å². The summed E-state index contributed by atoms with van der Waals surface area (Å²) in [6, 6.07) is 4.49. The van der Waals surface area contributed by atoms with E-state index in [1.54, 1.807) is 6.07 Å². The lowest BCUT2D eigenvalue weighted by molar-refractivity contribution is 0.629. The van der Waals surface area contributed by atoms with E-state index in [0.29, 0.717) is 5.52 Å². The molecule has 0 amide bonds. The van der Waals surface area contributed by atoms with Gasteiger partial charge in [-0.05, 0) is 26.0 Å². The number of imidazole rings is 1. The highest BCUT2D eigenvalue weighted by Crippen LogP contribution is 2.20. The molecule has 2 N–H and O–H groups in total. The van der Waals surface area contributed by atoms with Crippen molar-refractivity contribution in [3.8, 4) is 0 Å². The standard InChI is InChI=1S/C11H14FN3/c1-3-15-10-5-4-8(12)6-9(10)14-11(15)7(2)13/h4-7H,3,13H2,1-2H3. The summed E-state index contributed by atoms with van der Waals surface area (Å²) in [7, 11) is 0. The molecule has 2 aromatic rings. The van der Waals surface area contributed by atoms with Crippen LogP contribution in [0.3, 0.4) is 0 Å². The van der Waals surface area contributed by atoms with Crippen LogP contribution in [0.5, 0.6) is 0 Å². The van der Waals surface area contributed by atoms with Crippen molar-refractivity contribution in [1.82, 2.24) is 9.55 Å². The van der Waals surface area contributed by atoms with E-state index in [0.717, 1.165) is 17.9 Å². The van der Waals surface area contributed by atoms with E-state index in [2.05, 4.69) is 4.98 Å². The molecule has 1 aromatic carbocycles. The fraction of sp³-hybridized carbons (Fsp3) is 0.364. The van der Waals surface area contributed by atoms with Crippen molar-refractivity contribution in [2.75, 3.05) is 0 Å². The SMILES string of the molecule is CCn1c(C(C)N)nc2cc(F)ccc21. The van der Waals surface area contributed by atoms with Crippen molar-refractivity contribution in [2.24, 2.45) is 5.73 Å². The second kappa shape index (κ2) is 3.62. The van der Waals surface area contributed by atoms with E-state index in [4.69, 9.17) is 5.73 Å². The van der Waals surface area contributed by atoms with E-state index >= 15 is 0 Å². The highest BCUT2D eigenvalue weighted by atomic mass is 19.1. The molecule has 15 heavy (non-hydrogen) atoms. The Kier molecular flexibility index (Phi) is 2.44. The van der Waals surface area contributed by atoms with Gasteiger partial charge in [0.25, 0.3) is 0 Å². The van der Waals surface area contributed by atoms with Gasteiger partial charge in [-0.1, -0.05) is 0 Å². The summed E-state index contributed by atoms with van der Waals surface area (Å²) in [4.78, 5) is 4.34. The molecule has 1 atom stereocenters. The average molecular weight is 207 g/mol. The molecule has 0 saturated carbocycles. The van der Waals surface area contributed by atoms with E-state index < -0.39 is 0 Å². The molecule has 0 radical (unpaired) electrons. The Labute approximate surface area is 87.7 Å². The fourth-order valence-corrected chi connectivity index (χ4v) is 1.80. The minimum Gasteiger partial charge on any atom is -0.327 e. The third-order valence-corrected chi connectivity index (χ3v) is 2.46. The van der Waals surface area contributed by atoms with Crippen LogP contribution in [0.15, 0.2) is 18.2 Å². The zero-order chi connectivity index (χ0) is 11.0. The normalized spacial score (nSPS) is 13.3.